The lowest BCUT2D eigenvalue weighted by Crippen LogP contribution is -2.06. The van der Waals surface area contributed by atoms with Gasteiger partial charge in [-0.1, -0.05) is 28.1 Å². The first-order valence-corrected chi connectivity index (χ1v) is 5.08. The fraction of sp³-hybridized carbons (Fsp3) is 0.400. The summed E-state index contributed by atoms with van der Waals surface area (Å²) in [7, 11) is 0. The number of nitrogens with two attached hydrogens (primary N) is 1. The fourth-order valence-corrected chi connectivity index (χ4v) is 1.54. The van der Waals surface area contributed by atoms with E-state index in [1.54, 1.807) is 0 Å². The van der Waals surface area contributed by atoms with Crippen molar-refractivity contribution in [1.29, 1.82) is 0 Å². The second-order valence-corrected chi connectivity index (χ2v) is 3.96. The molecule has 1 atom stereocenters. The van der Waals surface area contributed by atoms with E-state index in [1.165, 1.54) is 5.56 Å². The molecule has 0 aliphatic carbocycles. The minimum atomic E-state index is -0.443. The smallest absolute Gasteiger partial charge is 0.0802 e. The molecule has 1 aromatic rings. The molecule has 0 spiro atoms. The average Bonchev–Trinajstić information content (AvgIpc) is 2.10. The molecule has 3 heteroatoms. The number of halogens is 1. The molecule has 0 aromatic heterocycles. The minimum absolute atomic E-state index is 0.443. The van der Waals surface area contributed by atoms with E-state index in [9.17, 15) is 5.11 Å². The van der Waals surface area contributed by atoms with Crippen molar-refractivity contribution in [2.45, 2.75) is 19.4 Å². The van der Waals surface area contributed by atoms with E-state index in [0.29, 0.717) is 13.0 Å². The SMILES string of the molecule is Cc1ccc([C@@H](O)CCN)cc1Br. The monoisotopic (exact) mass is 243 g/mol. The molecule has 0 aliphatic heterocycles. The highest BCUT2D eigenvalue weighted by Gasteiger charge is 2.06. The van der Waals surface area contributed by atoms with Gasteiger partial charge in [0.25, 0.3) is 0 Å². The van der Waals surface area contributed by atoms with Crippen molar-refractivity contribution in [2.24, 2.45) is 5.73 Å². The van der Waals surface area contributed by atoms with Gasteiger partial charge >= 0.3 is 0 Å². The van der Waals surface area contributed by atoms with Crippen molar-refractivity contribution < 1.29 is 5.11 Å². The summed E-state index contributed by atoms with van der Waals surface area (Å²) in [6, 6.07) is 5.86. The average molecular weight is 244 g/mol. The number of aliphatic hydroxyl groups is 1. The molecule has 0 radical (unpaired) electrons. The number of rotatable bonds is 3. The molecule has 72 valence electrons. The van der Waals surface area contributed by atoms with Crippen LogP contribution in [-0.4, -0.2) is 11.7 Å². The predicted molar refractivity (Wildman–Crippen MR) is 57.5 cm³/mol. The Balaban J connectivity index is 2.84. The van der Waals surface area contributed by atoms with Crippen molar-refractivity contribution in [3.05, 3.63) is 33.8 Å². The van der Waals surface area contributed by atoms with Crippen molar-refractivity contribution >= 4 is 15.9 Å². The third-order valence-corrected chi connectivity index (χ3v) is 2.88. The van der Waals surface area contributed by atoms with Gasteiger partial charge in [-0.25, -0.2) is 0 Å². The normalized spacial score (nSPS) is 12.9. The largest absolute Gasteiger partial charge is 0.388 e. The zero-order valence-electron chi connectivity index (χ0n) is 7.63. The second kappa shape index (κ2) is 4.74. The van der Waals surface area contributed by atoms with Crippen LogP contribution in [0.2, 0.25) is 0 Å². The van der Waals surface area contributed by atoms with Gasteiger partial charge in [0, 0.05) is 4.47 Å². The molecule has 0 amide bonds. The van der Waals surface area contributed by atoms with Crippen LogP contribution in [0.15, 0.2) is 22.7 Å². The molecule has 0 fully saturated rings. The molecule has 0 heterocycles. The summed E-state index contributed by atoms with van der Waals surface area (Å²) in [5, 5.41) is 9.64. The molecule has 0 saturated carbocycles. The third-order valence-electron chi connectivity index (χ3n) is 2.02. The Morgan fingerprint density at radius 3 is 2.77 bits per heavy atom. The zero-order chi connectivity index (χ0) is 9.84. The van der Waals surface area contributed by atoms with Crippen LogP contribution in [0.4, 0.5) is 0 Å². The Morgan fingerprint density at radius 1 is 1.54 bits per heavy atom. The zero-order valence-corrected chi connectivity index (χ0v) is 9.21. The lowest BCUT2D eigenvalue weighted by atomic mass is 10.1. The predicted octanol–water partition coefficient (Wildman–Crippen LogP) is 2.14. The Bertz CT molecular complexity index is 288. The summed E-state index contributed by atoms with van der Waals surface area (Å²) < 4.78 is 1.03. The maximum atomic E-state index is 9.64. The van der Waals surface area contributed by atoms with Crippen LogP contribution < -0.4 is 5.73 Å². The molecular weight excluding hydrogens is 230 g/mol. The van der Waals surface area contributed by atoms with Crippen molar-refractivity contribution in [2.75, 3.05) is 6.54 Å². The number of aliphatic hydroxyl groups excluding tert-OH is 1. The number of hydrogen-bond acceptors (Lipinski definition) is 2. The van der Waals surface area contributed by atoms with Gasteiger partial charge in [0.15, 0.2) is 0 Å². The summed E-state index contributed by atoms with van der Waals surface area (Å²) in [5.74, 6) is 0. The first-order chi connectivity index (χ1) is 6.15. The van der Waals surface area contributed by atoms with Gasteiger partial charge in [-0.3, -0.25) is 0 Å². The Hall–Kier alpha value is -0.380. The minimum Gasteiger partial charge on any atom is -0.388 e. The molecule has 3 N–H and O–H groups in total. The van der Waals surface area contributed by atoms with Crippen molar-refractivity contribution in [3.63, 3.8) is 0 Å². The van der Waals surface area contributed by atoms with Crippen LogP contribution in [0.25, 0.3) is 0 Å². The number of hydrogen-bond donors (Lipinski definition) is 2. The fourth-order valence-electron chi connectivity index (χ4n) is 1.14. The number of aryl methyl sites for hydroxylation is 1. The van der Waals surface area contributed by atoms with Crippen LogP contribution >= 0.6 is 15.9 Å². The Labute approximate surface area is 86.9 Å². The highest BCUT2D eigenvalue weighted by molar-refractivity contribution is 9.10. The van der Waals surface area contributed by atoms with Gasteiger partial charge in [-0.2, -0.15) is 0 Å². The lowest BCUT2D eigenvalue weighted by molar-refractivity contribution is 0.170. The lowest BCUT2D eigenvalue weighted by Gasteiger charge is -2.10. The van der Waals surface area contributed by atoms with Crippen LogP contribution in [0.1, 0.15) is 23.7 Å². The van der Waals surface area contributed by atoms with Crippen LogP contribution in [0.5, 0.6) is 0 Å². The van der Waals surface area contributed by atoms with E-state index in [0.717, 1.165) is 10.0 Å². The molecule has 0 unspecified atom stereocenters. The molecule has 13 heavy (non-hydrogen) atoms. The van der Waals surface area contributed by atoms with Gasteiger partial charge in [0.2, 0.25) is 0 Å². The van der Waals surface area contributed by atoms with Gasteiger partial charge in [-0.05, 0) is 37.1 Å². The van der Waals surface area contributed by atoms with E-state index < -0.39 is 6.10 Å². The highest BCUT2D eigenvalue weighted by Crippen LogP contribution is 2.23. The van der Waals surface area contributed by atoms with E-state index in [1.807, 2.05) is 25.1 Å². The topological polar surface area (TPSA) is 46.2 Å². The van der Waals surface area contributed by atoms with Gasteiger partial charge in [-0.15, -0.1) is 0 Å². The number of benzene rings is 1. The first-order valence-electron chi connectivity index (χ1n) is 4.29. The highest BCUT2D eigenvalue weighted by atomic mass is 79.9. The maximum absolute atomic E-state index is 9.64. The summed E-state index contributed by atoms with van der Waals surface area (Å²) >= 11 is 3.42. The van der Waals surface area contributed by atoms with E-state index in [-0.39, 0.29) is 0 Å². The van der Waals surface area contributed by atoms with E-state index in [2.05, 4.69) is 15.9 Å². The van der Waals surface area contributed by atoms with E-state index >= 15 is 0 Å². The summed E-state index contributed by atoms with van der Waals surface area (Å²) in [6.07, 6.45) is 0.164. The molecule has 1 aromatic carbocycles. The molecule has 0 saturated heterocycles. The van der Waals surface area contributed by atoms with Gasteiger partial charge in [0.1, 0.15) is 0 Å². The van der Waals surface area contributed by atoms with Crippen LogP contribution in [0, 0.1) is 6.92 Å². The standard InChI is InChI=1S/C10H14BrNO/c1-7-2-3-8(6-9(7)11)10(13)4-5-12/h2-3,6,10,13H,4-5,12H2,1H3/t10-/m0/s1. The maximum Gasteiger partial charge on any atom is 0.0802 e. The molecular formula is C10H14BrNO. The molecule has 1 rings (SSSR count). The van der Waals surface area contributed by atoms with Gasteiger partial charge in [0.05, 0.1) is 6.10 Å². The quantitative estimate of drug-likeness (QED) is 0.855. The van der Waals surface area contributed by atoms with Gasteiger partial charge < -0.3 is 10.8 Å². The van der Waals surface area contributed by atoms with Crippen molar-refractivity contribution in [3.8, 4) is 0 Å². The molecule has 0 aliphatic rings. The Morgan fingerprint density at radius 2 is 2.23 bits per heavy atom. The first kappa shape index (κ1) is 10.7. The Kier molecular flexibility index (Phi) is 3.90. The van der Waals surface area contributed by atoms with Crippen molar-refractivity contribution in [1.82, 2.24) is 0 Å². The van der Waals surface area contributed by atoms with Crippen LogP contribution in [0.3, 0.4) is 0 Å². The molecule has 0 bridgehead atoms. The second-order valence-electron chi connectivity index (χ2n) is 3.10. The summed E-state index contributed by atoms with van der Waals surface area (Å²) in [6.45, 7) is 2.52. The van der Waals surface area contributed by atoms with Crippen LogP contribution in [-0.2, 0) is 0 Å². The summed E-state index contributed by atoms with van der Waals surface area (Å²) in [5.41, 5.74) is 7.45. The molecule has 2 nitrogen and oxygen atoms in total. The summed E-state index contributed by atoms with van der Waals surface area (Å²) in [4.78, 5) is 0. The van der Waals surface area contributed by atoms with E-state index in [4.69, 9.17) is 5.73 Å². The third kappa shape index (κ3) is 2.79.